The second-order valence-corrected chi connectivity index (χ2v) is 11.1. The summed E-state index contributed by atoms with van der Waals surface area (Å²) in [5.74, 6) is -0.0297. The van der Waals surface area contributed by atoms with Gasteiger partial charge in [-0.2, -0.15) is 0 Å². The molecule has 27 heavy (non-hydrogen) atoms. The first kappa shape index (κ1) is 19.8. The van der Waals surface area contributed by atoms with Gasteiger partial charge in [-0.25, -0.2) is 21.2 Å². The number of hydrogen-bond acceptors (Lipinski definition) is 5. The van der Waals surface area contributed by atoms with Crippen LogP contribution in [0.5, 0.6) is 0 Å². The van der Waals surface area contributed by atoms with Crippen LogP contribution in [0.2, 0.25) is 0 Å². The van der Waals surface area contributed by atoms with E-state index in [2.05, 4.69) is 5.32 Å². The Bertz CT molecular complexity index is 1040. The molecule has 5 nitrogen and oxygen atoms in total. The number of sulfone groups is 2. The first-order valence-electron chi connectivity index (χ1n) is 8.62. The Balaban J connectivity index is 2.04. The molecule has 8 heteroatoms. The highest BCUT2D eigenvalue weighted by atomic mass is 32.2. The fraction of sp³-hybridized carbons (Fsp3) is 0.368. The highest BCUT2D eigenvalue weighted by Crippen LogP contribution is 2.41. The van der Waals surface area contributed by atoms with Gasteiger partial charge in [0.25, 0.3) is 0 Å². The molecule has 0 amide bonds. The second-order valence-electron chi connectivity index (χ2n) is 7.07. The number of halogens is 1. The molecule has 0 spiro atoms. The number of hydrogen-bond donors (Lipinski definition) is 1. The van der Waals surface area contributed by atoms with Gasteiger partial charge in [-0.05, 0) is 54.7 Å². The summed E-state index contributed by atoms with van der Waals surface area (Å²) in [5, 5.41) is 3.27. The zero-order valence-electron chi connectivity index (χ0n) is 15.1. The summed E-state index contributed by atoms with van der Waals surface area (Å²) in [7, 11) is -7.18. The fourth-order valence-electron chi connectivity index (χ4n) is 3.24. The molecule has 1 N–H and O–H groups in total. The second kappa shape index (κ2) is 7.24. The average Bonchev–Trinajstić information content (AvgIpc) is 2.51. The van der Waals surface area contributed by atoms with Crippen molar-refractivity contribution in [2.75, 3.05) is 17.8 Å². The third-order valence-corrected chi connectivity index (χ3v) is 7.19. The molecule has 146 valence electrons. The van der Waals surface area contributed by atoms with E-state index in [-0.39, 0.29) is 21.7 Å². The van der Waals surface area contributed by atoms with Gasteiger partial charge in [0.15, 0.2) is 19.7 Å². The average molecular weight is 412 g/mol. The monoisotopic (exact) mass is 411 g/mol. The van der Waals surface area contributed by atoms with E-state index in [4.69, 9.17) is 0 Å². The highest BCUT2D eigenvalue weighted by Gasteiger charge is 2.30. The van der Waals surface area contributed by atoms with Crippen LogP contribution in [0.4, 0.5) is 10.1 Å². The first-order valence-corrected chi connectivity index (χ1v) is 12.4. The van der Waals surface area contributed by atoms with E-state index >= 15 is 0 Å². The minimum absolute atomic E-state index is 0.0459. The van der Waals surface area contributed by atoms with E-state index in [0.717, 1.165) is 37.3 Å². The molecule has 0 bridgehead atoms. The molecule has 0 aromatic heterocycles. The van der Waals surface area contributed by atoms with Crippen LogP contribution in [0.25, 0.3) is 0 Å². The highest BCUT2D eigenvalue weighted by molar-refractivity contribution is 7.91. The van der Waals surface area contributed by atoms with Gasteiger partial charge in [0.1, 0.15) is 5.82 Å². The fourth-order valence-corrected chi connectivity index (χ4v) is 4.83. The van der Waals surface area contributed by atoms with Gasteiger partial charge < -0.3 is 5.32 Å². The van der Waals surface area contributed by atoms with Crippen molar-refractivity contribution in [3.05, 3.63) is 53.8 Å². The summed E-state index contributed by atoms with van der Waals surface area (Å²) >= 11 is 0. The molecule has 1 unspecified atom stereocenters. The Morgan fingerprint density at radius 1 is 0.963 bits per heavy atom. The van der Waals surface area contributed by atoms with E-state index in [1.54, 1.807) is 12.1 Å². The predicted octanol–water partition coefficient (Wildman–Crippen LogP) is 3.59. The zero-order valence-corrected chi connectivity index (χ0v) is 16.8. The lowest BCUT2D eigenvalue weighted by atomic mass is 9.77. The molecule has 3 rings (SSSR count). The normalized spacial score (nSPS) is 16.6. The van der Waals surface area contributed by atoms with Crippen LogP contribution in [-0.2, 0) is 19.7 Å². The van der Waals surface area contributed by atoms with Gasteiger partial charge in [-0.15, -0.1) is 0 Å². The Morgan fingerprint density at radius 2 is 1.59 bits per heavy atom. The van der Waals surface area contributed by atoms with Crippen LogP contribution in [0, 0.1) is 11.7 Å². The molecule has 0 radical (unpaired) electrons. The third-order valence-electron chi connectivity index (χ3n) is 4.94. The maximum atomic E-state index is 13.3. The summed E-state index contributed by atoms with van der Waals surface area (Å²) < 4.78 is 61.4. The van der Waals surface area contributed by atoms with Gasteiger partial charge in [0, 0.05) is 12.5 Å². The molecule has 0 aliphatic heterocycles. The van der Waals surface area contributed by atoms with Crippen molar-refractivity contribution >= 4 is 25.4 Å². The maximum Gasteiger partial charge on any atom is 0.177 e. The molecular weight excluding hydrogens is 389 g/mol. The lowest BCUT2D eigenvalue weighted by Gasteiger charge is -2.35. The zero-order chi connectivity index (χ0) is 19.8. The molecule has 1 atom stereocenters. The van der Waals surface area contributed by atoms with Gasteiger partial charge in [0.2, 0.25) is 0 Å². The molecule has 1 fully saturated rings. The summed E-state index contributed by atoms with van der Waals surface area (Å²) in [6.07, 6.45) is 5.17. The Kier molecular flexibility index (Phi) is 5.31. The van der Waals surface area contributed by atoms with Crippen molar-refractivity contribution in [2.45, 2.75) is 35.1 Å². The predicted molar refractivity (Wildman–Crippen MR) is 103 cm³/mol. The lowest BCUT2D eigenvalue weighted by molar-refractivity contribution is 0.277. The van der Waals surface area contributed by atoms with Crippen LogP contribution in [0.1, 0.15) is 30.9 Å². The SMILES string of the molecule is CS(=O)(=O)c1ccc(NC(c2ccc(F)cc2)C2CCC2)c(S(C)(=O)=O)c1. The van der Waals surface area contributed by atoms with Gasteiger partial charge in [-0.1, -0.05) is 18.6 Å². The van der Waals surface area contributed by atoms with Crippen molar-refractivity contribution in [3.63, 3.8) is 0 Å². The summed E-state index contributed by atoms with van der Waals surface area (Å²) in [6.45, 7) is 0. The topological polar surface area (TPSA) is 80.3 Å². The van der Waals surface area contributed by atoms with Crippen molar-refractivity contribution in [2.24, 2.45) is 5.92 Å². The van der Waals surface area contributed by atoms with Crippen LogP contribution in [0.15, 0.2) is 52.3 Å². The molecule has 1 aliphatic carbocycles. The number of rotatable bonds is 6. The van der Waals surface area contributed by atoms with Crippen molar-refractivity contribution in [1.29, 1.82) is 0 Å². The molecule has 2 aromatic rings. The number of nitrogens with one attached hydrogen (secondary N) is 1. The number of anilines is 1. The standard InChI is InChI=1S/C19H22FNO4S2/c1-26(22,23)16-10-11-17(18(12-16)27(2,24)25)21-19(13-4-3-5-13)14-6-8-15(20)9-7-14/h6-13,19,21H,3-5H2,1-2H3. The van der Waals surface area contributed by atoms with Crippen LogP contribution in [-0.4, -0.2) is 29.3 Å². The number of benzene rings is 2. The lowest BCUT2D eigenvalue weighted by Crippen LogP contribution is -2.27. The third kappa shape index (κ3) is 4.50. The van der Waals surface area contributed by atoms with E-state index in [1.807, 2.05) is 0 Å². The Labute approximate surface area is 159 Å². The van der Waals surface area contributed by atoms with Crippen LogP contribution in [0.3, 0.4) is 0 Å². The van der Waals surface area contributed by atoms with Crippen molar-refractivity contribution in [3.8, 4) is 0 Å². The van der Waals surface area contributed by atoms with Gasteiger partial charge in [0.05, 0.1) is 21.5 Å². The summed E-state index contributed by atoms with van der Waals surface area (Å²) in [5.41, 5.74) is 1.22. The molecular formula is C19H22FNO4S2. The minimum atomic E-state index is -3.65. The van der Waals surface area contributed by atoms with Gasteiger partial charge in [-0.3, -0.25) is 0 Å². The Hall–Kier alpha value is -1.93. The summed E-state index contributed by atoms with van der Waals surface area (Å²) in [4.78, 5) is -0.104. The van der Waals surface area contributed by atoms with Crippen molar-refractivity contribution in [1.82, 2.24) is 0 Å². The minimum Gasteiger partial charge on any atom is -0.377 e. The van der Waals surface area contributed by atoms with E-state index in [0.29, 0.717) is 11.6 Å². The quantitative estimate of drug-likeness (QED) is 0.786. The molecule has 0 saturated heterocycles. The van der Waals surface area contributed by atoms with E-state index in [9.17, 15) is 21.2 Å². The van der Waals surface area contributed by atoms with E-state index < -0.39 is 19.7 Å². The molecule has 0 heterocycles. The Morgan fingerprint density at radius 3 is 2.07 bits per heavy atom. The first-order chi connectivity index (χ1) is 12.6. The van der Waals surface area contributed by atoms with Crippen LogP contribution >= 0.6 is 0 Å². The smallest absolute Gasteiger partial charge is 0.177 e. The largest absolute Gasteiger partial charge is 0.377 e. The van der Waals surface area contributed by atoms with E-state index in [1.165, 1.54) is 30.3 Å². The van der Waals surface area contributed by atoms with Crippen molar-refractivity contribution < 1.29 is 21.2 Å². The molecule has 1 saturated carbocycles. The van der Waals surface area contributed by atoms with Gasteiger partial charge >= 0.3 is 0 Å². The maximum absolute atomic E-state index is 13.3. The summed E-state index contributed by atoms with van der Waals surface area (Å²) in [6, 6.07) is 10.0. The molecule has 1 aliphatic rings. The van der Waals surface area contributed by atoms with Crippen LogP contribution < -0.4 is 5.32 Å². The molecule has 2 aromatic carbocycles.